The molecular weight excluding hydrogens is 468 g/mol. The Morgan fingerprint density at radius 3 is 2.69 bits per heavy atom. The normalized spacial score (nSPS) is 20.7. The summed E-state index contributed by atoms with van der Waals surface area (Å²) in [7, 11) is 1.52. The Morgan fingerprint density at radius 2 is 2.00 bits per heavy atom. The van der Waals surface area contributed by atoms with E-state index < -0.39 is 0 Å². The van der Waals surface area contributed by atoms with Gasteiger partial charge >= 0.3 is 0 Å². The maximum atomic E-state index is 13.0. The smallest absolute Gasteiger partial charge is 0.293 e. The van der Waals surface area contributed by atoms with E-state index in [1.54, 1.807) is 16.8 Å². The number of pyridine rings is 1. The number of benzene rings is 1. The Balaban J connectivity index is 1.45. The maximum Gasteiger partial charge on any atom is 0.293 e. The standard InChI is InChI=1S/C25H29ClN6O3/c1-13(2)32-20-6-5-16(7-15(20)8-21(24(32)34)35-12-22(33)27-4)29-23-19(26)9-28-25(30-23)31-10-17-14(3)18(17)11-31/h5-9,13-14,17-18H,10-12H2,1-4H3,(H,27,33)(H,28,29,30). The van der Waals surface area contributed by atoms with Crippen molar-refractivity contribution in [2.24, 2.45) is 17.8 Å². The zero-order valence-electron chi connectivity index (χ0n) is 20.2. The van der Waals surface area contributed by atoms with Gasteiger partial charge in [0.05, 0.1) is 11.7 Å². The van der Waals surface area contributed by atoms with Gasteiger partial charge in [0.15, 0.2) is 18.2 Å². The zero-order chi connectivity index (χ0) is 24.9. The van der Waals surface area contributed by atoms with Crippen molar-refractivity contribution in [3.05, 3.63) is 45.8 Å². The number of carbonyl (C=O) groups is 1. The molecular formula is C25H29ClN6O3. The van der Waals surface area contributed by atoms with Gasteiger partial charge in [0.25, 0.3) is 11.5 Å². The van der Waals surface area contributed by atoms with E-state index in [2.05, 4.69) is 27.4 Å². The number of likely N-dealkylation sites (N-methyl/N-ethyl adjacent to an activating group) is 1. The molecule has 1 saturated heterocycles. The highest BCUT2D eigenvalue weighted by Crippen LogP contribution is 2.51. The first kappa shape index (κ1) is 23.4. The second-order valence-corrected chi connectivity index (χ2v) is 10.0. The fourth-order valence-electron chi connectivity index (χ4n) is 4.95. The van der Waals surface area contributed by atoms with Crippen LogP contribution in [-0.4, -0.2) is 47.2 Å². The van der Waals surface area contributed by atoms with E-state index in [1.165, 1.54) is 7.05 Å². The topological polar surface area (TPSA) is 101 Å². The monoisotopic (exact) mass is 496 g/mol. The summed E-state index contributed by atoms with van der Waals surface area (Å²) in [6.07, 6.45) is 1.63. The number of aromatic nitrogens is 3. The first-order chi connectivity index (χ1) is 16.8. The van der Waals surface area contributed by atoms with E-state index in [0.29, 0.717) is 16.8 Å². The SMILES string of the molecule is CNC(=O)COc1cc2cc(Nc3nc(N4CC5C(C)C5C4)ncc3Cl)ccc2n(C(C)C)c1=O. The van der Waals surface area contributed by atoms with Crippen molar-refractivity contribution in [1.29, 1.82) is 0 Å². The van der Waals surface area contributed by atoms with Gasteiger partial charge in [-0.3, -0.25) is 9.59 Å². The summed E-state index contributed by atoms with van der Waals surface area (Å²) in [5.74, 6) is 3.29. The van der Waals surface area contributed by atoms with E-state index in [1.807, 2.05) is 32.0 Å². The van der Waals surface area contributed by atoms with Crippen LogP contribution in [0.5, 0.6) is 5.75 Å². The van der Waals surface area contributed by atoms with Gasteiger partial charge in [-0.05, 0) is 55.9 Å². The summed E-state index contributed by atoms with van der Waals surface area (Å²) in [6.45, 7) is 7.89. The number of halogens is 1. The highest BCUT2D eigenvalue weighted by atomic mass is 35.5. The Morgan fingerprint density at radius 1 is 1.26 bits per heavy atom. The Bertz CT molecular complexity index is 1350. The molecule has 0 spiro atoms. The van der Waals surface area contributed by atoms with Crippen LogP contribution < -0.4 is 25.8 Å². The third-order valence-electron chi connectivity index (χ3n) is 7.06. The van der Waals surface area contributed by atoms with E-state index in [0.717, 1.165) is 47.4 Å². The molecule has 2 atom stereocenters. The Labute approximate surface area is 208 Å². The van der Waals surface area contributed by atoms with Crippen LogP contribution in [0.25, 0.3) is 10.9 Å². The van der Waals surface area contributed by atoms with Crippen LogP contribution >= 0.6 is 11.6 Å². The van der Waals surface area contributed by atoms with E-state index >= 15 is 0 Å². The number of carbonyl (C=O) groups excluding carboxylic acids is 1. The molecule has 35 heavy (non-hydrogen) atoms. The predicted molar refractivity (Wildman–Crippen MR) is 137 cm³/mol. The molecule has 2 fully saturated rings. The number of amides is 1. The quantitative estimate of drug-likeness (QED) is 0.515. The fraction of sp³-hybridized carbons (Fsp3) is 0.440. The minimum absolute atomic E-state index is 0.0966. The lowest BCUT2D eigenvalue weighted by Crippen LogP contribution is -2.29. The summed E-state index contributed by atoms with van der Waals surface area (Å²) in [6, 6.07) is 7.24. The first-order valence-electron chi connectivity index (χ1n) is 11.8. The maximum absolute atomic E-state index is 13.0. The van der Waals surface area contributed by atoms with Crippen LogP contribution in [-0.2, 0) is 4.79 Å². The van der Waals surface area contributed by atoms with Gasteiger partial charge in [0.2, 0.25) is 5.95 Å². The van der Waals surface area contributed by atoms with Gasteiger partial charge in [-0.2, -0.15) is 4.98 Å². The number of fused-ring (bicyclic) bond motifs is 2. The molecule has 1 aliphatic heterocycles. The van der Waals surface area contributed by atoms with Crippen molar-refractivity contribution in [3.63, 3.8) is 0 Å². The highest BCUT2D eigenvalue weighted by molar-refractivity contribution is 6.32. The number of hydrogen-bond acceptors (Lipinski definition) is 7. The van der Waals surface area contributed by atoms with Crippen molar-refractivity contribution in [2.75, 3.05) is 37.0 Å². The molecule has 1 aliphatic carbocycles. The summed E-state index contributed by atoms with van der Waals surface area (Å²) in [5, 5.41) is 7.00. The summed E-state index contributed by atoms with van der Waals surface area (Å²) < 4.78 is 7.21. The molecule has 2 aliphatic rings. The minimum Gasteiger partial charge on any atom is -0.478 e. The molecule has 2 N–H and O–H groups in total. The number of anilines is 3. The van der Waals surface area contributed by atoms with Gasteiger partial charge in [-0.15, -0.1) is 0 Å². The number of rotatable bonds is 7. The molecule has 3 heterocycles. The summed E-state index contributed by atoms with van der Waals surface area (Å²) in [5.41, 5.74) is 1.24. The lowest BCUT2D eigenvalue weighted by atomic mass is 10.1. The van der Waals surface area contributed by atoms with Gasteiger partial charge < -0.3 is 24.8 Å². The number of piperidine rings is 1. The highest BCUT2D eigenvalue weighted by Gasteiger charge is 2.53. The Kier molecular flexibility index (Phi) is 6.04. The van der Waals surface area contributed by atoms with E-state index in [4.69, 9.17) is 21.3 Å². The van der Waals surface area contributed by atoms with Crippen molar-refractivity contribution in [2.45, 2.75) is 26.8 Å². The molecule has 0 bridgehead atoms. The number of nitrogens with zero attached hydrogens (tertiary/aromatic N) is 4. The first-order valence-corrected chi connectivity index (χ1v) is 12.2. The average molecular weight is 497 g/mol. The van der Waals surface area contributed by atoms with Crippen molar-refractivity contribution in [1.82, 2.24) is 19.9 Å². The Hall–Kier alpha value is -3.33. The van der Waals surface area contributed by atoms with Gasteiger partial charge in [-0.25, -0.2) is 4.98 Å². The molecule has 10 heteroatoms. The average Bonchev–Trinajstić information content (AvgIpc) is 3.22. The minimum atomic E-state index is -0.310. The number of ether oxygens (including phenoxy) is 1. The van der Waals surface area contributed by atoms with Crippen LogP contribution in [0.15, 0.2) is 35.3 Å². The molecule has 1 saturated carbocycles. The van der Waals surface area contributed by atoms with E-state index in [9.17, 15) is 9.59 Å². The molecule has 9 nitrogen and oxygen atoms in total. The summed E-state index contributed by atoms with van der Waals surface area (Å²) in [4.78, 5) is 36.0. The van der Waals surface area contributed by atoms with Gasteiger partial charge in [0.1, 0.15) is 5.02 Å². The second-order valence-electron chi connectivity index (χ2n) is 9.60. The molecule has 1 amide bonds. The second kappa shape index (κ2) is 9.03. The molecule has 2 unspecified atom stereocenters. The van der Waals surface area contributed by atoms with Crippen LogP contribution in [0.3, 0.4) is 0 Å². The predicted octanol–water partition coefficient (Wildman–Crippen LogP) is 3.60. The van der Waals surface area contributed by atoms with Crippen molar-refractivity contribution in [3.8, 4) is 5.75 Å². The lowest BCUT2D eigenvalue weighted by Gasteiger charge is -2.20. The molecule has 0 radical (unpaired) electrons. The lowest BCUT2D eigenvalue weighted by molar-refractivity contribution is -0.122. The largest absolute Gasteiger partial charge is 0.478 e. The zero-order valence-corrected chi connectivity index (χ0v) is 21.0. The van der Waals surface area contributed by atoms with Gasteiger partial charge in [0, 0.05) is 37.3 Å². The molecule has 184 valence electrons. The fourth-order valence-corrected chi connectivity index (χ4v) is 5.09. The number of hydrogen-bond donors (Lipinski definition) is 2. The van der Waals surface area contributed by atoms with Gasteiger partial charge in [-0.1, -0.05) is 18.5 Å². The summed E-state index contributed by atoms with van der Waals surface area (Å²) >= 11 is 6.42. The van der Waals surface area contributed by atoms with Crippen LogP contribution in [0.4, 0.5) is 17.5 Å². The molecule has 2 aromatic heterocycles. The molecule has 5 rings (SSSR count). The van der Waals surface area contributed by atoms with E-state index in [-0.39, 0.29) is 29.9 Å². The third kappa shape index (κ3) is 4.40. The third-order valence-corrected chi connectivity index (χ3v) is 7.33. The molecule has 3 aromatic rings. The van der Waals surface area contributed by atoms with Crippen LogP contribution in [0.2, 0.25) is 5.02 Å². The van der Waals surface area contributed by atoms with Crippen molar-refractivity contribution < 1.29 is 9.53 Å². The molecule has 1 aromatic carbocycles. The van der Waals surface area contributed by atoms with Crippen LogP contribution in [0.1, 0.15) is 26.8 Å². The van der Waals surface area contributed by atoms with Crippen LogP contribution in [0, 0.1) is 17.8 Å². The number of nitrogens with one attached hydrogen (secondary N) is 2. The van der Waals surface area contributed by atoms with Crippen molar-refractivity contribution >= 4 is 45.9 Å².